The smallest absolute Gasteiger partial charge is 0.338 e. The highest BCUT2D eigenvalue weighted by Crippen LogP contribution is 2.33. The number of rotatable bonds is 5. The van der Waals surface area contributed by atoms with Crippen molar-refractivity contribution in [3.05, 3.63) is 58.1 Å². The molecule has 0 saturated heterocycles. The van der Waals surface area contributed by atoms with Crippen molar-refractivity contribution in [2.45, 2.75) is 20.8 Å². The van der Waals surface area contributed by atoms with E-state index in [-0.39, 0.29) is 11.7 Å². The zero-order valence-corrected chi connectivity index (χ0v) is 14.4. The molecule has 4 heteroatoms. The van der Waals surface area contributed by atoms with E-state index in [1.807, 2.05) is 38.1 Å². The van der Waals surface area contributed by atoms with Gasteiger partial charge in [0.05, 0.1) is 19.3 Å². The van der Waals surface area contributed by atoms with Crippen LogP contribution in [0.5, 0.6) is 11.5 Å². The molecular formula is C20H22O4. The number of carbonyl (C=O) groups excluding carboxylic acids is 1. The van der Waals surface area contributed by atoms with E-state index in [9.17, 15) is 9.90 Å². The monoisotopic (exact) mass is 326 g/mol. The van der Waals surface area contributed by atoms with Crippen LogP contribution in [0.1, 0.15) is 39.5 Å². The van der Waals surface area contributed by atoms with Gasteiger partial charge in [-0.15, -0.1) is 0 Å². The van der Waals surface area contributed by atoms with Gasteiger partial charge in [0.2, 0.25) is 0 Å². The van der Waals surface area contributed by atoms with Crippen LogP contribution in [-0.2, 0) is 4.74 Å². The van der Waals surface area contributed by atoms with E-state index in [2.05, 4.69) is 0 Å². The summed E-state index contributed by atoms with van der Waals surface area (Å²) >= 11 is 0. The first-order chi connectivity index (χ1) is 11.5. The number of hydrogen-bond donors (Lipinski definition) is 1. The van der Waals surface area contributed by atoms with Gasteiger partial charge in [-0.1, -0.05) is 24.3 Å². The highest BCUT2D eigenvalue weighted by Gasteiger charge is 2.11. The summed E-state index contributed by atoms with van der Waals surface area (Å²) in [7, 11) is 1.62. The largest absolute Gasteiger partial charge is 0.508 e. The van der Waals surface area contributed by atoms with Crippen molar-refractivity contribution in [3.63, 3.8) is 0 Å². The lowest BCUT2D eigenvalue weighted by atomic mass is 10.0. The SMILES string of the molecule is CCOC(=O)c1ccc(/C=C/c2cc(O)c(C)c(C)c2OC)cc1. The van der Waals surface area contributed by atoms with E-state index in [1.165, 1.54) is 0 Å². The number of carbonyl (C=O) groups is 1. The first-order valence-corrected chi connectivity index (χ1v) is 7.80. The summed E-state index contributed by atoms with van der Waals surface area (Å²) < 4.78 is 10.4. The first kappa shape index (κ1) is 17.6. The molecule has 0 aliphatic carbocycles. The van der Waals surface area contributed by atoms with Crippen molar-refractivity contribution in [1.82, 2.24) is 0 Å². The normalized spacial score (nSPS) is 10.8. The van der Waals surface area contributed by atoms with Gasteiger partial charge in [-0.2, -0.15) is 0 Å². The summed E-state index contributed by atoms with van der Waals surface area (Å²) in [6.45, 7) is 5.91. The number of aromatic hydroxyl groups is 1. The second-order valence-corrected chi connectivity index (χ2v) is 5.44. The Morgan fingerprint density at radius 3 is 2.38 bits per heavy atom. The summed E-state index contributed by atoms with van der Waals surface area (Å²) in [6, 6.07) is 8.83. The Hall–Kier alpha value is -2.75. The van der Waals surface area contributed by atoms with Crippen LogP contribution in [0.3, 0.4) is 0 Å². The average molecular weight is 326 g/mol. The topological polar surface area (TPSA) is 55.8 Å². The molecule has 1 N–H and O–H groups in total. The maximum atomic E-state index is 11.6. The Kier molecular flexibility index (Phi) is 5.64. The van der Waals surface area contributed by atoms with Crippen LogP contribution < -0.4 is 4.74 Å². The van der Waals surface area contributed by atoms with Gasteiger partial charge in [0.1, 0.15) is 11.5 Å². The Morgan fingerprint density at radius 1 is 1.12 bits per heavy atom. The molecule has 24 heavy (non-hydrogen) atoms. The Morgan fingerprint density at radius 2 is 1.79 bits per heavy atom. The fourth-order valence-electron chi connectivity index (χ4n) is 2.43. The summed E-state index contributed by atoms with van der Waals surface area (Å²) in [5.41, 5.74) is 3.98. The minimum Gasteiger partial charge on any atom is -0.508 e. The van der Waals surface area contributed by atoms with E-state index in [1.54, 1.807) is 32.2 Å². The zero-order chi connectivity index (χ0) is 17.7. The molecule has 0 unspecified atom stereocenters. The average Bonchev–Trinajstić information content (AvgIpc) is 2.58. The molecule has 0 aliphatic heterocycles. The second kappa shape index (κ2) is 7.68. The molecule has 0 aliphatic rings. The van der Waals surface area contributed by atoms with Gasteiger partial charge in [0.15, 0.2) is 0 Å². The Labute approximate surface area is 142 Å². The van der Waals surface area contributed by atoms with Crippen LogP contribution in [0.15, 0.2) is 30.3 Å². The van der Waals surface area contributed by atoms with E-state index >= 15 is 0 Å². The molecule has 0 radical (unpaired) electrons. The highest BCUT2D eigenvalue weighted by molar-refractivity contribution is 5.89. The van der Waals surface area contributed by atoms with Crippen LogP contribution in [0.4, 0.5) is 0 Å². The molecule has 0 fully saturated rings. The summed E-state index contributed by atoms with van der Waals surface area (Å²) in [5.74, 6) is 0.657. The lowest BCUT2D eigenvalue weighted by molar-refractivity contribution is 0.0526. The molecule has 0 bridgehead atoms. The predicted molar refractivity (Wildman–Crippen MR) is 95.5 cm³/mol. The summed E-state index contributed by atoms with van der Waals surface area (Å²) in [6.07, 6.45) is 3.78. The van der Waals surface area contributed by atoms with Crippen LogP contribution in [0.25, 0.3) is 12.2 Å². The quantitative estimate of drug-likeness (QED) is 0.655. The Balaban J connectivity index is 2.27. The van der Waals surface area contributed by atoms with Crippen LogP contribution >= 0.6 is 0 Å². The standard InChI is InChI=1S/C20H22O4/c1-5-24-20(22)16-9-6-15(7-10-16)8-11-17-12-18(21)13(2)14(3)19(17)23-4/h6-12,21H,5H2,1-4H3/b11-8+. The van der Waals surface area contributed by atoms with Crippen molar-refractivity contribution < 1.29 is 19.4 Å². The second-order valence-electron chi connectivity index (χ2n) is 5.44. The van der Waals surface area contributed by atoms with Gasteiger partial charge in [0.25, 0.3) is 0 Å². The number of esters is 1. The van der Waals surface area contributed by atoms with Crippen molar-refractivity contribution in [2.24, 2.45) is 0 Å². The third-order valence-electron chi connectivity index (χ3n) is 3.92. The molecule has 0 spiro atoms. The van der Waals surface area contributed by atoms with Gasteiger partial charge in [-0.25, -0.2) is 4.79 Å². The molecule has 0 heterocycles. The molecule has 126 valence electrons. The maximum Gasteiger partial charge on any atom is 0.338 e. The molecule has 2 aromatic carbocycles. The van der Waals surface area contributed by atoms with Crippen LogP contribution in [0, 0.1) is 13.8 Å². The molecule has 0 saturated carbocycles. The number of hydrogen-bond acceptors (Lipinski definition) is 4. The van der Waals surface area contributed by atoms with Gasteiger partial charge < -0.3 is 14.6 Å². The number of phenols is 1. The molecule has 0 amide bonds. The maximum absolute atomic E-state index is 11.6. The van der Waals surface area contributed by atoms with Gasteiger partial charge in [-0.05, 0) is 55.7 Å². The van der Waals surface area contributed by atoms with Gasteiger partial charge in [0, 0.05) is 5.56 Å². The van der Waals surface area contributed by atoms with Crippen molar-refractivity contribution in [3.8, 4) is 11.5 Å². The minimum absolute atomic E-state index is 0.241. The minimum atomic E-state index is -0.325. The van der Waals surface area contributed by atoms with Crippen molar-refractivity contribution >= 4 is 18.1 Å². The fraction of sp³-hybridized carbons (Fsp3) is 0.250. The van der Waals surface area contributed by atoms with Crippen molar-refractivity contribution in [1.29, 1.82) is 0 Å². The summed E-state index contributed by atoms with van der Waals surface area (Å²) in [5, 5.41) is 10.0. The number of phenolic OH excluding ortho intramolecular Hbond substituents is 1. The van der Waals surface area contributed by atoms with Gasteiger partial charge >= 0.3 is 5.97 Å². The first-order valence-electron chi connectivity index (χ1n) is 7.80. The number of benzene rings is 2. The lowest BCUT2D eigenvalue weighted by Gasteiger charge is -2.12. The van der Waals surface area contributed by atoms with Crippen LogP contribution in [0.2, 0.25) is 0 Å². The van der Waals surface area contributed by atoms with Crippen LogP contribution in [-0.4, -0.2) is 24.8 Å². The highest BCUT2D eigenvalue weighted by atomic mass is 16.5. The van der Waals surface area contributed by atoms with E-state index in [0.717, 1.165) is 28.0 Å². The number of ether oxygens (including phenoxy) is 2. The lowest BCUT2D eigenvalue weighted by Crippen LogP contribution is -2.03. The fourth-order valence-corrected chi connectivity index (χ4v) is 2.43. The molecule has 2 rings (SSSR count). The molecule has 2 aromatic rings. The van der Waals surface area contributed by atoms with E-state index in [4.69, 9.17) is 9.47 Å². The third kappa shape index (κ3) is 3.77. The molecule has 0 aromatic heterocycles. The van der Waals surface area contributed by atoms with E-state index in [0.29, 0.717) is 12.2 Å². The predicted octanol–water partition coefficient (Wildman–Crippen LogP) is 4.36. The molecule has 0 atom stereocenters. The van der Waals surface area contributed by atoms with Crippen molar-refractivity contribution in [2.75, 3.05) is 13.7 Å². The Bertz CT molecular complexity index is 758. The molecule has 4 nitrogen and oxygen atoms in total. The number of methoxy groups -OCH3 is 1. The van der Waals surface area contributed by atoms with Gasteiger partial charge in [-0.3, -0.25) is 0 Å². The summed E-state index contributed by atoms with van der Waals surface area (Å²) in [4.78, 5) is 11.6. The zero-order valence-electron chi connectivity index (χ0n) is 14.4. The van der Waals surface area contributed by atoms with E-state index < -0.39 is 0 Å². The third-order valence-corrected chi connectivity index (χ3v) is 3.92. The molecular weight excluding hydrogens is 304 g/mol.